The zero-order valence-electron chi connectivity index (χ0n) is 11.0. The lowest BCUT2D eigenvalue weighted by atomic mass is 9.89. The lowest BCUT2D eigenvalue weighted by Gasteiger charge is -2.31. The summed E-state index contributed by atoms with van der Waals surface area (Å²) in [4.78, 5) is 0. The van der Waals surface area contributed by atoms with Crippen molar-refractivity contribution in [3.05, 3.63) is 32.9 Å². The van der Waals surface area contributed by atoms with Crippen molar-refractivity contribution in [3.8, 4) is 0 Å². The highest BCUT2D eigenvalue weighted by Crippen LogP contribution is 2.53. The van der Waals surface area contributed by atoms with Gasteiger partial charge in [-0.2, -0.15) is 26.3 Å². The Morgan fingerprint density at radius 1 is 1.05 bits per heavy atom. The summed E-state index contributed by atoms with van der Waals surface area (Å²) in [5, 5.41) is 0. The van der Waals surface area contributed by atoms with Crippen molar-refractivity contribution in [3.63, 3.8) is 0 Å². The molecule has 0 aliphatic carbocycles. The van der Waals surface area contributed by atoms with Crippen molar-refractivity contribution in [1.82, 2.24) is 0 Å². The van der Waals surface area contributed by atoms with Crippen molar-refractivity contribution < 1.29 is 30.7 Å². The molecule has 0 N–H and O–H groups in total. The zero-order valence-corrected chi connectivity index (χ0v) is 13.1. The third kappa shape index (κ3) is 3.45. The molecule has 0 spiro atoms. The van der Waals surface area contributed by atoms with Crippen LogP contribution in [0.1, 0.15) is 37.3 Å². The maximum Gasteiger partial charge on any atom is 0.435 e. The second-order valence-electron chi connectivity index (χ2n) is 4.64. The molecule has 0 fully saturated rings. The molecule has 0 saturated heterocycles. The summed E-state index contributed by atoms with van der Waals surface area (Å²) in [5.74, 6) is -0.329. The molecule has 1 aromatic carbocycles. The molecule has 8 heteroatoms. The summed E-state index contributed by atoms with van der Waals surface area (Å²) in [6, 6.07) is 3.77. The first kappa shape index (κ1) is 18.5. The molecule has 0 aliphatic rings. The second-order valence-corrected chi connectivity index (χ2v) is 5.80. The van der Waals surface area contributed by atoms with Gasteiger partial charge in [0.05, 0.1) is 0 Å². The Morgan fingerprint density at radius 2 is 1.52 bits per heavy atom. The Kier molecular flexibility index (Phi) is 5.22. The van der Waals surface area contributed by atoms with E-state index in [2.05, 4.69) is 6.07 Å². The second kappa shape index (κ2) is 5.92. The molecule has 0 heterocycles. The Hall–Kier alpha value is -0.540. The first-order valence-electron chi connectivity index (χ1n) is 5.90. The van der Waals surface area contributed by atoms with Gasteiger partial charge in [0.25, 0.3) is 0 Å². The minimum Gasteiger partial charge on any atom is -0.218 e. The molecule has 1 atom stereocenters. The van der Waals surface area contributed by atoms with E-state index >= 15 is 0 Å². The van der Waals surface area contributed by atoms with Crippen molar-refractivity contribution >= 4 is 22.6 Å². The van der Waals surface area contributed by atoms with Gasteiger partial charge in [0, 0.05) is 9.13 Å². The molecule has 0 aliphatic heterocycles. The summed E-state index contributed by atoms with van der Waals surface area (Å²) < 4.78 is 90.3. The van der Waals surface area contributed by atoms with E-state index in [1.807, 2.05) is 0 Å². The average Bonchev–Trinajstić information content (AvgIpc) is 2.33. The number of hydrogen-bond donors (Lipinski definition) is 0. The van der Waals surface area contributed by atoms with Crippen LogP contribution in [-0.2, 0) is 5.67 Å². The molecule has 1 radical (unpaired) electrons. The summed E-state index contributed by atoms with van der Waals surface area (Å²) in [6.45, 7) is 3.33. The van der Waals surface area contributed by atoms with Crippen LogP contribution in [0.2, 0.25) is 0 Å². The monoisotopic (exact) mass is 427 g/mol. The van der Waals surface area contributed by atoms with Crippen LogP contribution in [0.4, 0.5) is 30.7 Å². The van der Waals surface area contributed by atoms with Crippen molar-refractivity contribution in [2.75, 3.05) is 0 Å². The minimum atomic E-state index is -6.09. The molecule has 0 saturated carbocycles. The van der Waals surface area contributed by atoms with E-state index in [0.29, 0.717) is 18.6 Å². The smallest absolute Gasteiger partial charge is 0.218 e. The number of hydrogen-bond acceptors (Lipinski definition) is 0. The third-order valence-corrected chi connectivity index (χ3v) is 3.76. The fourth-order valence-corrected chi connectivity index (χ4v) is 2.37. The highest BCUT2D eigenvalue weighted by Gasteiger charge is 2.73. The normalized spacial score (nSPS) is 15.1. The first-order chi connectivity index (χ1) is 9.34. The number of benzene rings is 1. The lowest BCUT2D eigenvalue weighted by Crippen LogP contribution is -2.50. The Morgan fingerprint density at radius 3 is 1.90 bits per heavy atom. The van der Waals surface area contributed by atoms with Gasteiger partial charge in [-0.1, -0.05) is 19.9 Å². The van der Waals surface area contributed by atoms with Crippen molar-refractivity contribution in [2.45, 2.75) is 44.2 Å². The van der Waals surface area contributed by atoms with E-state index in [0.717, 1.165) is 0 Å². The van der Waals surface area contributed by atoms with E-state index in [-0.39, 0.29) is 15.1 Å². The fraction of sp³-hybridized carbons (Fsp3) is 0.538. The molecular weight excluding hydrogens is 416 g/mol. The number of alkyl halides is 7. The number of rotatable bonds is 3. The molecule has 0 aromatic heterocycles. The first-order valence-corrected chi connectivity index (χ1v) is 6.98. The summed E-state index contributed by atoms with van der Waals surface area (Å²) >= 11 is 1.52. The molecule has 0 bridgehead atoms. The van der Waals surface area contributed by atoms with Crippen LogP contribution < -0.4 is 0 Å². The molecule has 0 nitrogen and oxygen atoms in total. The number of halogens is 8. The largest absolute Gasteiger partial charge is 0.435 e. The van der Waals surface area contributed by atoms with Crippen molar-refractivity contribution in [1.29, 1.82) is 0 Å². The topological polar surface area (TPSA) is 0 Å². The van der Waals surface area contributed by atoms with E-state index in [4.69, 9.17) is 0 Å². The molecule has 21 heavy (non-hydrogen) atoms. The SMILES string of the molecule is CCC(C)c1[c]c(I)cc(C(F)(C(F)(F)F)C(F)(F)F)c1. The van der Waals surface area contributed by atoms with E-state index in [9.17, 15) is 30.7 Å². The summed E-state index contributed by atoms with van der Waals surface area (Å²) in [6.07, 6.45) is -11.7. The van der Waals surface area contributed by atoms with Crippen LogP contribution in [0.5, 0.6) is 0 Å². The molecule has 119 valence electrons. The van der Waals surface area contributed by atoms with Gasteiger partial charge in [0.2, 0.25) is 0 Å². The maximum absolute atomic E-state index is 14.0. The fourth-order valence-electron chi connectivity index (χ4n) is 1.73. The van der Waals surface area contributed by atoms with E-state index in [1.165, 1.54) is 22.6 Å². The minimum absolute atomic E-state index is 0.00377. The van der Waals surface area contributed by atoms with Crippen LogP contribution in [-0.4, -0.2) is 12.4 Å². The summed E-state index contributed by atoms with van der Waals surface area (Å²) in [7, 11) is 0. The van der Waals surface area contributed by atoms with E-state index < -0.39 is 23.6 Å². The Labute approximate surface area is 130 Å². The lowest BCUT2D eigenvalue weighted by molar-refractivity contribution is -0.348. The average molecular weight is 427 g/mol. The van der Waals surface area contributed by atoms with Gasteiger partial charge in [-0.25, -0.2) is 4.39 Å². The van der Waals surface area contributed by atoms with Crippen LogP contribution in [0.25, 0.3) is 0 Å². The van der Waals surface area contributed by atoms with Gasteiger partial charge in [0.1, 0.15) is 0 Å². The highest BCUT2D eigenvalue weighted by atomic mass is 127. The van der Waals surface area contributed by atoms with Crippen LogP contribution in [0, 0.1) is 9.64 Å². The molecule has 0 amide bonds. The quantitative estimate of drug-likeness (QED) is 0.417. The van der Waals surface area contributed by atoms with Crippen molar-refractivity contribution in [2.24, 2.45) is 0 Å². The van der Waals surface area contributed by atoms with Crippen LogP contribution in [0.15, 0.2) is 12.1 Å². The van der Waals surface area contributed by atoms with E-state index in [1.54, 1.807) is 13.8 Å². The van der Waals surface area contributed by atoms with Crippen LogP contribution >= 0.6 is 22.6 Å². The predicted molar refractivity (Wildman–Crippen MR) is 71.6 cm³/mol. The Bertz CT molecular complexity index is 490. The van der Waals surface area contributed by atoms with Crippen LogP contribution in [0.3, 0.4) is 0 Å². The van der Waals surface area contributed by atoms with Gasteiger partial charge in [0.15, 0.2) is 0 Å². The van der Waals surface area contributed by atoms with Gasteiger partial charge in [-0.15, -0.1) is 0 Å². The standard InChI is InChI=1S/C13H11F7I/c1-3-7(2)8-4-9(6-10(21)5-8)11(14,12(15,16)17)13(18,19)20/h4,6-7H,3H2,1-2H3. The predicted octanol–water partition coefficient (Wildman–Crippen LogP) is 5.89. The maximum atomic E-state index is 14.0. The van der Waals surface area contributed by atoms with Gasteiger partial charge < -0.3 is 0 Å². The zero-order chi connectivity index (χ0) is 16.6. The molecule has 1 aromatic rings. The highest BCUT2D eigenvalue weighted by molar-refractivity contribution is 14.1. The van der Waals surface area contributed by atoms with Gasteiger partial charge >= 0.3 is 18.0 Å². The molecule has 1 unspecified atom stereocenters. The molecule has 1 rings (SSSR count). The Balaban J connectivity index is 3.58. The molecular formula is C13H11F7I. The third-order valence-electron chi connectivity index (χ3n) is 3.18. The van der Waals surface area contributed by atoms with Gasteiger partial charge in [-0.05, 0) is 52.6 Å². The summed E-state index contributed by atoms with van der Waals surface area (Å²) in [5.41, 5.74) is -6.73. The van der Waals surface area contributed by atoms with Gasteiger partial charge in [-0.3, -0.25) is 0 Å².